The average Bonchev–Trinajstić information content (AvgIpc) is 3.41. The van der Waals surface area contributed by atoms with Crippen LogP contribution in [0, 0.1) is 0 Å². The lowest BCUT2D eigenvalue weighted by Crippen LogP contribution is -2.20. The highest BCUT2D eigenvalue weighted by molar-refractivity contribution is 9.10. The summed E-state index contributed by atoms with van der Waals surface area (Å²) >= 11 is 10.4. The molecule has 33 heavy (non-hydrogen) atoms. The quantitative estimate of drug-likeness (QED) is 0.208. The molecule has 4 aromatic rings. The predicted octanol–water partition coefficient (Wildman–Crippen LogP) is 6.41. The number of benzene rings is 2. The van der Waals surface area contributed by atoms with Gasteiger partial charge in [0.15, 0.2) is 5.11 Å². The molecule has 0 fully saturated rings. The smallest absolute Gasteiger partial charge is 0.341 e. The minimum atomic E-state index is -0.381. The zero-order valence-electron chi connectivity index (χ0n) is 17.7. The van der Waals surface area contributed by atoms with E-state index in [1.807, 2.05) is 71.5 Å². The summed E-state index contributed by atoms with van der Waals surface area (Å²) in [6, 6.07) is 19.7. The van der Waals surface area contributed by atoms with Crippen molar-refractivity contribution in [1.29, 1.82) is 0 Å². The first-order valence-corrected chi connectivity index (χ1v) is 12.2. The summed E-state index contributed by atoms with van der Waals surface area (Å²) in [6.07, 6.45) is 3.68. The average molecular weight is 541 g/mol. The SMILES string of the molecule is CCOC(=O)c1cc(-c2ccccc2)sc1NC(=S)Nc1cccc(Cn2cc(Br)cn2)c1. The first-order valence-electron chi connectivity index (χ1n) is 10.2. The Labute approximate surface area is 209 Å². The van der Waals surface area contributed by atoms with Crippen molar-refractivity contribution in [3.8, 4) is 10.4 Å². The molecule has 9 heteroatoms. The van der Waals surface area contributed by atoms with E-state index < -0.39 is 0 Å². The van der Waals surface area contributed by atoms with Crippen LogP contribution in [0.15, 0.2) is 77.5 Å². The number of thiophene rings is 1. The van der Waals surface area contributed by atoms with Gasteiger partial charge in [0, 0.05) is 16.8 Å². The maximum atomic E-state index is 12.5. The zero-order chi connectivity index (χ0) is 23.2. The fourth-order valence-electron chi connectivity index (χ4n) is 3.21. The van der Waals surface area contributed by atoms with Gasteiger partial charge in [-0.3, -0.25) is 4.68 Å². The van der Waals surface area contributed by atoms with Gasteiger partial charge >= 0.3 is 5.97 Å². The van der Waals surface area contributed by atoms with Crippen LogP contribution in [0.5, 0.6) is 0 Å². The maximum absolute atomic E-state index is 12.5. The van der Waals surface area contributed by atoms with Crippen molar-refractivity contribution in [1.82, 2.24) is 9.78 Å². The highest BCUT2D eigenvalue weighted by atomic mass is 79.9. The number of esters is 1. The van der Waals surface area contributed by atoms with Crippen LogP contribution in [-0.4, -0.2) is 27.5 Å². The fourth-order valence-corrected chi connectivity index (χ4v) is 4.88. The Balaban J connectivity index is 1.50. The number of hydrogen-bond acceptors (Lipinski definition) is 5. The summed E-state index contributed by atoms with van der Waals surface area (Å²) in [5.41, 5.74) is 3.41. The molecule has 0 saturated heterocycles. The Morgan fingerprint density at radius 3 is 2.70 bits per heavy atom. The molecule has 2 aromatic carbocycles. The predicted molar refractivity (Wildman–Crippen MR) is 141 cm³/mol. The third-order valence-corrected chi connectivity index (χ3v) is 6.36. The number of carbonyl (C=O) groups is 1. The number of hydrogen-bond donors (Lipinski definition) is 2. The number of nitrogens with one attached hydrogen (secondary N) is 2. The van der Waals surface area contributed by atoms with Crippen LogP contribution in [0.2, 0.25) is 0 Å². The molecule has 2 N–H and O–H groups in total. The minimum Gasteiger partial charge on any atom is -0.462 e. The third-order valence-electron chi connectivity index (χ3n) is 4.64. The first-order chi connectivity index (χ1) is 16.0. The number of anilines is 2. The molecule has 2 aromatic heterocycles. The maximum Gasteiger partial charge on any atom is 0.341 e. The number of rotatable bonds is 7. The summed E-state index contributed by atoms with van der Waals surface area (Å²) in [6.45, 7) is 2.73. The number of thiocarbonyl (C=S) groups is 1. The van der Waals surface area contributed by atoms with Gasteiger partial charge in [0.2, 0.25) is 0 Å². The van der Waals surface area contributed by atoms with Gasteiger partial charge in [0.25, 0.3) is 0 Å². The second-order valence-corrected chi connectivity index (χ2v) is 9.45. The number of ether oxygens (including phenoxy) is 1. The molecule has 0 aliphatic carbocycles. The zero-order valence-corrected chi connectivity index (χ0v) is 21.0. The largest absolute Gasteiger partial charge is 0.462 e. The van der Waals surface area contributed by atoms with E-state index in [1.54, 1.807) is 13.1 Å². The Morgan fingerprint density at radius 1 is 1.15 bits per heavy atom. The van der Waals surface area contributed by atoms with E-state index in [4.69, 9.17) is 17.0 Å². The summed E-state index contributed by atoms with van der Waals surface area (Å²) < 4.78 is 8.03. The molecular formula is C24H21BrN4O2S2. The molecule has 4 rings (SSSR count). The van der Waals surface area contributed by atoms with Crippen molar-refractivity contribution in [3.63, 3.8) is 0 Å². The molecule has 168 valence electrons. The monoisotopic (exact) mass is 540 g/mol. The Morgan fingerprint density at radius 2 is 1.97 bits per heavy atom. The van der Waals surface area contributed by atoms with Crippen LogP contribution >= 0.6 is 39.5 Å². The van der Waals surface area contributed by atoms with E-state index >= 15 is 0 Å². The van der Waals surface area contributed by atoms with Crippen LogP contribution in [-0.2, 0) is 11.3 Å². The van der Waals surface area contributed by atoms with Crippen LogP contribution in [0.4, 0.5) is 10.7 Å². The van der Waals surface area contributed by atoms with Gasteiger partial charge in [0.05, 0.1) is 29.4 Å². The molecule has 0 radical (unpaired) electrons. The molecule has 0 saturated carbocycles. The highest BCUT2D eigenvalue weighted by Gasteiger charge is 2.19. The van der Waals surface area contributed by atoms with Crippen molar-refractivity contribution < 1.29 is 9.53 Å². The summed E-state index contributed by atoms with van der Waals surface area (Å²) in [5, 5.41) is 11.7. The van der Waals surface area contributed by atoms with Crippen molar-refractivity contribution >= 4 is 61.3 Å². The normalized spacial score (nSPS) is 10.6. The molecule has 0 amide bonds. The Kier molecular flexibility index (Phi) is 7.54. The molecule has 0 atom stereocenters. The molecule has 0 unspecified atom stereocenters. The van der Waals surface area contributed by atoms with Gasteiger partial charge in [-0.2, -0.15) is 5.10 Å². The lowest BCUT2D eigenvalue weighted by atomic mass is 10.1. The second kappa shape index (κ2) is 10.7. The number of halogens is 1. The van der Waals surface area contributed by atoms with Crippen molar-refractivity contribution in [2.75, 3.05) is 17.2 Å². The van der Waals surface area contributed by atoms with Gasteiger partial charge in [0.1, 0.15) is 5.00 Å². The van der Waals surface area contributed by atoms with Crippen molar-refractivity contribution in [2.24, 2.45) is 0 Å². The lowest BCUT2D eigenvalue weighted by molar-refractivity contribution is 0.0528. The second-order valence-electron chi connectivity index (χ2n) is 7.08. The van der Waals surface area contributed by atoms with Gasteiger partial charge in [-0.1, -0.05) is 42.5 Å². The molecular weight excluding hydrogens is 520 g/mol. The number of nitrogens with zero attached hydrogens (tertiary/aromatic N) is 2. The van der Waals surface area contributed by atoms with Crippen molar-refractivity contribution in [2.45, 2.75) is 13.5 Å². The summed E-state index contributed by atoms with van der Waals surface area (Å²) in [4.78, 5) is 13.5. The van der Waals surface area contributed by atoms with Gasteiger partial charge < -0.3 is 15.4 Å². The van der Waals surface area contributed by atoms with E-state index in [2.05, 4.69) is 31.7 Å². The first kappa shape index (κ1) is 23.2. The summed E-state index contributed by atoms with van der Waals surface area (Å²) in [5.74, 6) is -0.381. The lowest BCUT2D eigenvalue weighted by Gasteiger charge is -2.12. The molecule has 0 bridgehead atoms. The van der Waals surface area contributed by atoms with E-state index in [1.165, 1.54) is 11.3 Å². The topological polar surface area (TPSA) is 68.2 Å². The van der Waals surface area contributed by atoms with E-state index in [0.29, 0.717) is 28.8 Å². The molecule has 2 heterocycles. The van der Waals surface area contributed by atoms with Crippen molar-refractivity contribution in [3.05, 3.63) is 88.7 Å². The minimum absolute atomic E-state index is 0.303. The third kappa shape index (κ3) is 6.07. The van der Waals surface area contributed by atoms with Crippen LogP contribution in [0.3, 0.4) is 0 Å². The standard InChI is InChI=1S/C24H21BrN4O2S2/c1-2-31-23(30)20-12-21(17-8-4-3-5-9-17)33-22(20)28-24(32)27-19-10-6-7-16(11-19)14-29-15-18(25)13-26-29/h3-13,15H,2,14H2,1H3,(H2,27,28,32). The van der Waals surface area contributed by atoms with E-state index in [9.17, 15) is 4.79 Å². The van der Waals surface area contributed by atoms with E-state index in [-0.39, 0.29) is 5.97 Å². The summed E-state index contributed by atoms with van der Waals surface area (Å²) in [7, 11) is 0. The van der Waals surface area contributed by atoms with E-state index in [0.717, 1.165) is 26.2 Å². The van der Waals surface area contributed by atoms with Crippen LogP contribution in [0.25, 0.3) is 10.4 Å². The number of carbonyl (C=O) groups excluding carboxylic acids is 1. The van der Waals surface area contributed by atoms with Crippen LogP contribution < -0.4 is 10.6 Å². The van der Waals surface area contributed by atoms with Gasteiger partial charge in [-0.05, 0) is 64.4 Å². The Hall–Kier alpha value is -3.01. The highest BCUT2D eigenvalue weighted by Crippen LogP contribution is 2.36. The fraction of sp³-hybridized carbons (Fsp3) is 0.125. The van der Waals surface area contributed by atoms with Gasteiger partial charge in [-0.15, -0.1) is 11.3 Å². The molecule has 0 spiro atoms. The van der Waals surface area contributed by atoms with Gasteiger partial charge in [-0.25, -0.2) is 4.79 Å². The molecule has 6 nitrogen and oxygen atoms in total. The Bertz CT molecular complexity index is 1270. The molecule has 0 aliphatic rings. The van der Waals surface area contributed by atoms with Crippen LogP contribution in [0.1, 0.15) is 22.8 Å². The number of aromatic nitrogens is 2. The molecule has 0 aliphatic heterocycles.